The van der Waals surface area contributed by atoms with Gasteiger partial charge in [0.15, 0.2) is 0 Å². The molecule has 0 spiro atoms. The highest BCUT2D eigenvalue weighted by Gasteiger charge is 2.48. The van der Waals surface area contributed by atoms with Gasteiger partial charge >= 0.3 is 5.97 Å². The number of halogens is 1. The number of esters is 1. The third kappa shape index (κ3) is 2.88. The van der Waals surface area contributed by atoms with Crippen LogP contribution >= 0.6 is 15.9 Å². The van der Waals surface area contributed by atoms with E-state index in [1.165, 1.54) is 7.11 Å². The van der Waals surface area contributed by atoms with Gasteiger partial charge in [0.25, 0.3) is 0 Å². The van der Waals surface area contributed by atoms with Crippen molar-refractivity contribution in [3.63, 3.8) is 0 Å². The van der Waals surface area contributed by atoms with Crippen molar-refractivity contribution in [2.45, 2.75) is 38.7 Å². The quantitative estimate of drug-likeness (QED) is 0.840. The summed E-state index contributed by atoms with van der Waals surface area (Å²) in [5, 5.41) is 10.9. The molecule has 1 fully saturated rings. The van der Waals surface area contributed by atoms with Gasteiger partial charge in [-0.3, -0.25) is 9.78 Å². The minimum Gasteiger partial charge on any atom is -0.469 e. The van der Waals surface area contributed by atoms with E-state index in [0.717, 1.165) is 4.47 Å². The molecule has 1 aliphatic rings. The number of methoxy groups -OCH3 is 1. The molecule has 1 saturated carbocycles. The van der Waals surface area contributed by atoms with Crippen LogP contribution in [0, 0.1) is 11.3 Å². The number of aromatic nitrogens is 1. The molecule has 4 nitrogen and oxygen atoms in total. The summed E-state index contributed by atoms with van der Waals surface area (Å²) in [5.41, 5.74) is -0.638. The third-order valence-electron chi connectivity index (χ3n) is 4.23. The molecule has 1 aliphatic carbocycles. The molecule has 0 bridgehead atoms. The highest BCUT2D eigenvalue weighted by molar-refractivity contribution is 9.10. The summed E-state index contributed by atoms with van der Waals surface area (Å²) in [6.07, 6.45) is 3.31. The zero-order chi connectivity index (χ0) is 15.0. The number of pyridine rings is 1. The summed E-state index contributed by atoms with van der Waals surface area (Å²) < 4.78 is 5.75. The molecule has 1 heterocycles. The number of nitrogens with zero attached hydrogens (tertiary/aromatic N) is 1. The highest BCUT2D eigenvalue weighted by atomic mass is 79.9. The molecule has 1 aromatic rings. The Kier molecular flexibility index (Phi) is 4.21. The SMILES string of the molecule is COC(=O)[C@H]1CCC(O)(c2ccc(Br)cn2)CC1(C)C. The number of ether oxygens (including phenoxy) is 1. The lowest BCUT2D eigenvalue weighted by atomic mass is 9.62. The molecule has 2 rings (SSSR count). The number of hydrogen-bond donors (Lipinski definition) is 1. The Hall–Kier alpha value is -0.940. The summed E-state index contributed by atoms with van der Waals surface area (Å²) in [6, 6.07) is 3.71. The lowest BCUT2D eigenvalue weighted by Gasteiger charge is -2.45. The molecule has 5 heteroatoms. The standard InChI is InChI=1S/C15H20BrNO3/c1-14(2)9-15(19,7-6-11(14)13(18)20-3)12-5-4-10(16)8-17-12/h4-5,8,11,19H,6-7,9H2,1-3H3/t11-,15?/m1/s1. The molecule has 0 aliphatic heterocycles. The third-order valence-corrected chi connectivity index (χ3v) is 4.70. The minimum atomic E-state index is -0.977. The molecule has 1 unspecified atom stereocenters. The molecule has 110 valence electrons. The van der Waals surface area contributed by atoms with E-state index in [9.17, 15) is 9.90 Å². The predicted octanol–water partition coefficient (Wildman–Crippen LogP) is 3.03. The molecule has 2 atom stereocenters. The first-order valence-electron chi connectivity index (χ1n) is 6.71. The second-order valence-corrected chi connectivity index (χ2v) is 7.09. The first-order valence-corrected chi connectivity index (χ1v) is 7.50. The summed E-state index contributed by atoms with van der Waals surface area (Å²) in [7, 11) is 1.41. The van der Waals surface area contributed by atoms with E-state index in [2.05, 4.69) is 20.9 Å². The van der Waals surface area contributed by atoms with Crippen LogP contribution in [0.15, 0.2) is 22.8 Å². The Morgan fingerprint density at radius 1 is 1.50 bits per heavy atom. The number of hydrogen-bond acceptors (Lipinski definition) is 4. The van der Waals surface area contributed by atoms with Crippen molar-refractivity contribution in [3.8, 4) is 0 Å². The molecule has 0 amide bonds. The Morgan fingerprint density at radius 2 is 2.20 bits per heavy atom. The summed E-state index contributed by atoms with van der Waals surface area (Å²) in [6.45, 7) is 4.00. The monoisotopic (exact) mass is 341 g/mol. The first kappa shape index (κ1) is 15.4. The average molecular weight is 342 g/mol. The molecule has 20 heavy (non-hydrogen) atoms. The van der Waals surface area contributed by atoms with Crippen LogP contribution < -0.4 is 0 Å². The first-order chi connectivity index (χ1) is 9.28. The van der Waals surface area contributed by atoms with Crippen LogP contribution in [0.25, 0.3) is 0 Å². The maximum absolute atomic E-state index is 11.8. The number of rotatable bonds is 2. The molecule has 0 saturated heterocycles. The lowest BCUT2D eigenvalue weighted by molar-refractivity contribution is -0.158. The van der Waals surface area contributed by atoms with Crippen molar-refractivity contribution < 1.29 is 14.6 Å². The zero-order valence-corrected chi connectivity index (χ0v) is 13.6. The minimum absolute atomic E-state index is 0.178. The van der Waals surface area contributed by atoms with E-state index in [-0.39, 0.29) is 17.3 Å². The fourth-order valence-corrected chi connectivity index (χ4v) is 3.42. The maximum atomic E-state index is 11.8. The molecule has 1 N–H and O–H groups in total. The Balaban J connectivity index is 2.25. The van der Waals surface area contributed by atoms with E-state index in [4.69, 9.17) is 4.74 Å². The van der Waals surface area contributed by atoms with E-state index < -0.39 is 5.60 Å². The zero-order valence-electron chi connectivity index (χ0n) is 12.0. The van der Waals surface area contributed by atoms with Crippen LogP contribution in [0.5, 0.6) is 0 Å². The van der Waals surface area contributed by atoms with Crippen LogP contribution in [-0.2, 0) is 15.1 Å². The number of aliphatic hydroxyl groups is 1. The topological polar surface area (TPSA) is 59.4 Å². The van der Waals surface area contributed by atoms with Crippen molar-refractivity contribution in [1.29, 1.82) is 0 Å². The molecule has 0 radical (unpaired) electrons. The maximum Gasteiger partial charge on any atom is 0.309 e. The van der Waals surface area contributed by atoms with E-state index in [1.807, 2.05) is 26.0 Å². The smallest absolute Gasteiger partial charge is 0.309 e. The van der Waals surface area contributed by atoms with Gasteiger partial charge in [-0.2, -0.15) is 0 Å². The van der Waals surface area contributed by atoms with Gasteiger partial charge in [-0.25, -0.2) is 0 Å². The Bertz CT molecular complexity index is 500. The van der Waals surface area contributed by atoms with E-state index in [0.29, 0.717) is 25.0 Å². The predicted molar refractivity (Wildman–Crippen MR) is 79.0 cm³/mol. The normalized spacial score (nSPS) is 28.9. The number of carbonyl (C=O) groups excluding carboxylic acids is 1. The van der Waals surface area contributed by atoms with Crippen molar-refractivity contribution in [1.82, 2.24) is 4.98 Å². The molecule has 1 aromatic heterocycles. The van der Waals surface area contributed by atoms with E-state index in [1.54, 1.807) is 6.20 Å². The van der Waals surface area contributed by atoms with Crippen LogP contribution in [-0.4, -0.2) is 23.2 Å². The molecular formula is C15H20BrNO3. The Labute approximate surface area is 127 Å². The van der Waals surface area contributed by atoms with Gasteiger partial charge in [0, 0.05) is 10.7 Å². The average Bonchev–Trinajstić information content (AvgIpc) is 2.37. The lowest BCUT2D eigenvalue weighted by Crippen LogP contribution is -2.45. The fraction of sp³-hybridized carbons (Fsp3) is 0.600. The van der Waals surface area contributed by atoms with Gasteiger partial charge in [-0.05, 0) is 52.7 Å². The molecular weight excluding hydrogens is 322 g/mol. The van der Waals surface area contributed by atoms with Crippen molar-refractivity contribution in [3.05, 3.63) is 28.5 Å². The van der Waals surface area contributed by atoms with E-state index >= 15 is 0 Å². The largest absolute Gasteiger partial charge is 0.469 e. The van der Waals surface area contributed by atoms with Gasteiger partial charge in [0.1, 0.15) is 5.60 Å². The van der Waals surface area contributed by atoms with Crippen molar-refractivity contribution in [2.75, 3.05) is 7.11 Å². The van der Waals surface area contributed by atoms with Gasteiger partial charge in [0.2, 0.25) is 0 Å². The second-order valence-electron chi connectivity index (χ2n) is 6.17. The van der Waals surface area contributed by atoms with Crippen molar-refractivity contribution >= 4 is 21.9 Å². The summed E-state index contributed by atoms with van der Waals surface area (Å²) in [5.74, 6) is -0.371. The van der Waals surface area contributed by atoms with Gasteiger partial charge < -0.3 is 9.84 Å². The fourth-order valence-electron chi connectivity index (χ4n) is 3.19. The number of carbonyl (C=O) groups is 1. The highest BCUT2D eigenvalue weighted by Crippen LogP contribution is 2.49. The van der Waals surface area contributed by atoms with Crippen LogP contribution in [0.3, 0.4) is 0 Å². The van der Waals surface area contributed by atoms with Gasteiger partial charge in [-0.15, -0.1) is 0 Å². The summed E-state index contributed by atoms with van der Waals surface area (Å²) >= 11 is 3.34. The van der Waals surface area contributed by atoms with Gasteiger partial charge in [-0.1, -0.05) is 13.8 Å². The van der Waals surface area contributed by atoms with Crippen molar-refractivity contribution in [2.24, 2.45) is 11.3 Å². The van der Waals surface area contributed by atoms with Crippen LogP contribution in [0.1, 0.15) is 38.8 Å². The van der Waals surface area contributed by atoms with Crippen LogP contribution in [0.2, 0.25) is 0 Å². The molecule has 0 aromatic carbocycles. The second kappa shape index (κ2) is 5.45. The Morgan fingerprint density at radius 3 is 2.70 bits per heavy atom. The summed E-state index contributed by atoms with van der Waals surface area (Å²) in [4.78, 5) is 16.2. The van der Waals surface area contributed by atoms with Gasteiger partial charge in [0.05, 0.1) is 18.7 Å². The van der Waals surface area contributed by atoms with Crippen LogP contribution in [0.4, 0.5) is 0 Å².